The van der Waals surface area contributed by atoms with Crippen molar-refractivity contribution in [3.63, 3.8) is 0 Å². The summed E-state index contributed by atoms with van der Waals surface area (Å²) in [4.78, 5) is 15.2. The summed E-state index contributed by atoms with van der Waals surface area (Å²) in [5.41, 5.74) is 2.28. The molecule has 0 saturated carbocycles. The molecule has 1 amide bonds. The van der Waals surface area contributed by atoms with Crippen molar-refractivity contribution in [2.75, 3.05) is 31.9 Å². The zero-order valence-corrected chi connectivity index (χ0v) is 17.5. The van der Waals surface area contributed by atoms with E-state index >= 15 is 0 Å². The van der Waals surface area contributed by atoms with Gasteiger partial charge in [-0.3, -0.25) is 4.79 Å². The van der Waals surface area contributed by atoms with Gasteiger partial charge in [0, 0.05) is 31.1 Å². The Bertz CT molecular complexity index is 971. The molecule has 0 bridgehead atoms. The minimum absolute atomic E-state index is 0.00582. The van der Waals surface area contributed by atoms with E-state index in [4.69, 9.17) is 0 Å². The van der Waals surface area contributed by atoms with Gasteiger partial charge in [-0.1, -0.05) is 23.8 Å². The number of hydrogen-bond acceptors (Lipinski definition) is 4. The van der Waals surface area contributed by atoms with Gasteiger partial charge in [0.15, 0.2) is 0 Å². The molecule has 3 rings (SSSR count). The average molecular weight is 423 g/mol. The van der Waals surface area contributed by atoms with Crippen LogP contribution < -0.4 is 0 Å². The first-order valence-corrected chi connectivity index (χ1v) is 11.4. The van der Waals surface area contributed by atoms with E-state index in [-0.39, 0.29) is 23.9 Å². The zero-order chi connectivity index (χ0) is 20.3. The maximum Gasteiger partial charge on any atom is 0.243 e. The molecule has 2 aromatic carbocycles. The van der Waals surface area contributed by atoms with Crippen LogP contribution in [0.1, 0.15) is 11.1 Å². The number of amides is 1. The molecule has 8 heteroatoms. The summed E-state index contributed by atoms with van der Waals surface area (Å²) in [6.45, 7) is 5.12. The molecule has 5 nitrogen and oxygen atoms in total. The number of halogens is 1. The summed E-state index contributed by atoms with van der Waals surface area (Å²) in [7, 11) is -3.75. The molecule has 1 saturated heterocycles. The van der Waals surface area contributed by atoms with Crippen LogP contribution in [-0.4, -0.2) is 55.5 Å². The molecule has 0 aromatic heterocycles. The van der Waals surface area contributed by atoms with E-state index in [1.165, 1.54) is 34.3 Å². The average Bonchev–Trinajstić information content (AvgIpc) is 2.68. The Morgan fingerprint density at radius 3 is 2.46 bits per heavy atom. The lowest BCUT2D eigenvalue weighted by atomic mass is 10.2. The zero-order valence-electron chi connectivity index (χ0n) is 15.9. The van der Waals surface area contributed by atoms with Crippen LogP contribution in [-0.2, 0) is 14.8 Å². The largest absolute Gasteiger partial charge is 0.339 e. The third kappa shape index (κ3) is 4.74. The van der Waals surface area contributed by atoms with Gasteiger partial charge in [-0.2, -0.15) is 4.31 Å². The minimum atomic E-state index is -3.75. The van der Waals surface area contributed by atoms with Gasteiger partial charge in [0.05, 0.1) is 10.6 Å². The molecule has 0 spiro atoms. The predicted molar refractivity (Wildman–Crippen MR) is 108 cm³/mol. The maximum atomic E-state index is 13.4. The van der Waals surface area contributed by atoms with E-state index in [1.807, 2.05) is 26.0 Å². The first kappa shape index (κ1) is 20.8. The second-order valence-electron chi connectivity index (χ2n) is 6.80. The van der Waals surface area contributed by atoms with E-state index in [2.05, 4.69) is 6.07 Å². The van der Waals surface area contributed by atoms with Crippen molar-refractivity contribution in [1.82, 2.24) is 9.21 Å². The van der Waals surface area contributed by atoms with E-state index in [0.717, 1.165) is 22.1 Å². The van der Waals surface area contributed by atoms with Gasteiger partial charge < -0.3 is 4.90 Å². The highest BCUT2D eigenvalue weighted by atomic mass is 32.2. The number of benzene rings is 2. The molecule has 1 heterocycles. The van der Waals surface area contributed by atoms with Gasteiger partial charge >= 0.3 is 0 Å². The second-order valence-corrected chi connectivity index (χ2v) is 9.75. The molecule has 1 aliphatic heterocycles. The fraction of sp³-hybridized carbons (Fsp3) is 0.350. The highest BCUT2D eigenvalue weighted by molar-refractivity contribution is 8.00. The molecule has 0 atom stereocenters. The summed E-state index contributed by atoms with van der Waals surface area (Å²) in [6, 6.07) is 11.1. The molecule has 0 radical (unpaired) electrons. The molecule has 0 aliphatic carbocycles. The van der Waals surface area contributed by atoms with Gasteiger partial charge in [-0.15, -0.1) is 11.8 Å². The quantitative estimate of drug-likeness (QED) is 0.695. The number of thioether (sulfide) groups is 1. The summed E-state index contributed by atoms with van der Waals surface area (Å²) in [5.74, 6) is -0.270. The van der Waals surface area contributed by atoms with Crippen LogP contribution in [0.25, 0.3) is 0 Å². The standard InChI is InChI=1S/C20H23FN2O3S2/c1-15-6-7-16(2)19(12-15)27-14-20(24)22-8-10-23(11-9-22)28(25,26)18-5-3-4-17(21)13-18/h3-7,12-13H,8-11,14H2,1-2H3. The van der Waals surface area contributed by atoms with Crippen LogP contribution in [0.5, 0.6) is 0 Å². The van der Waals surface area contributed by atoms with E-state index in [9.17, 15) is 17.6 Å². The second kappa shape index (κ2) is 8.63. The van der Waals surface area contributed by atoms with Gasteiger partial charge in [0.2, 0.25) is 15.9 Å². The minimum Gasteiger partial charge on any atom is -0.339 e. The van der Waals surface area contributed by atoms with Crippen molar-refractivity contribution in [1.29, 1.82) is 0 Å². The van der Waals surface area contributed by atoms with Crippen LogP contribution >= 0.6 is 11.8 Å². The highest BCUT2D eigenvalue weighted by Gasteiger charge is 2.30. The van der Waals surface area contributed by atoms with Crippen LogP contribution in [0.2, 0.25) is 0 Å². The first-order chi connectivity index (χ1) is 13.3. The molecule has 28 heavy (non-hydrogen) atoms. The topological polar surface area (TPSA) is 57.7 Å². The SMILES string of the molecule is Cc1ccc(C)c(SCC(=O)N2CCN(S(=O)(=O)c3cccc(F)c3)CC2)c1. The number of rotatable bonds is 5. The Morgan fingerprint density at radius 2 is 1.79 bits per heavy atom. The van der Waals surface area contributed by atoms with Crippen molar-refractivity contribution in [2.24, 2.45) is 0 Å². The number of carbonyl (C=O) groups excluding carboxylic acids is 1. The summed E-state index contributed by atoms with van der Waals surface area (Å²) >= 11 is 1.50. The van der Waals surface area contributed by atoms with Crippen LogP contribution in [0.3, 0.4) is 0 Å². The maximum absolute atomic E-state index is 13.4. The van der Waals surface area contributed by atoms with Crippen molar-refractivity contribution >= 4 is 27.7 Å². The van der Waals surface area contributed by atoms with Gasteiger partial charge in [0.25, 0.3) is 0 Å². The Balaban J connectivity index is 1.57. The lowest BCUT2D eigenvalue weighted by Gasteiger charge is -2.34. The number of sulfonamides is 1. The molecule has 1 fully saturated rings. The predicted octanol–water partition coefficient (Wildman–Crippen LogP) is 3.07. The monoisotopic (exact) mass is 422 g/mol. The van der Waals surface area contributed by atoms with Crippen molar-refractivity contribution in [2.45, 2.75) is 23.6 Å². The van der Waals surface area contributed by atoms with Crippen molar-refractivity contribution in [3.8, 4) is 0 Å². The van der Waals surface area contributed by atoms with Crippen molar-refractivity contribution in [3.05, 3.63) is 59.4 Å². The van der Waals surface area contributed by atoms with Crippen LogP contribution in [0, 0.1) is 19.7 Å². The number of hydrogen-bond donors (Lipinski definition) is 0. The number of piperazine rings is 1. The first-order valence-electron chi connectivity index (χ1n) is 9.01. The Hall–Kier alpha value is -1.90. The molecule has 0 N–H and O–H groups in total. The summed E-state index contributed by atoms with van der Waals surface area (Å²) < 4.78 is 40.0. The summed E-state index contributed by atoms with van der Waals surface area (Å²) in [5, 5.41) is 0. The van der Waals surface area contributed by atoms with Gasteiger partial charge in [-0.05, 0) is 43.7 Å². The smallest absolute Gasteiger partial charge is 0.243 e. The molecule has 0 unspecified atom stereocenters. The third-order valence-corrected chi connectivity index (χ3v) is 7.76. The van der Waals surface area contributed by atoms with E-state index < -0.39 is 15.8 Å². The number of carbonyl (C=O) groups is 1. The third-order valence-electron chi connectivity index (χ3n) is 4.72. The fourth-order valence-corrected chi connectivity index (χ4v) is 5.53. The molecular formula is C20H23FN2O3S2. The Morgan fingerprint density at radius 1 is 1.07 bits per heavy atom. The van der Waals surface area contributed by atoms with Crippen LogP contribution in [0.15, 0.2) is 52.3 Å². The van der Waals surface area contributed by atoms with Crippen molar-refractivity contribution < 1.29 is 17.6 Å². The number of aryl methyl sites for hydroxylation is 2. The molecule has 150 valence electrons. The van der Waals surface area contributed by atoms with E-state index in [1.54, 1.807) is 4.90 Å². The van der Waals surface area contributed by atoms with Crippen LogP contribution in [0.4, 0.5) is 4.39 Å². The van der Waals surface area contributed by atoms with E-state index in [0.29, 0.717) is 18.8 Å². The lowest BCUT2D eigenvalue weighted by Crippen LogP contribution is -2.50. The highest BCUT2D eigenvalue weighted by Crippen LogP contribution is 2.24. The Labute approximate surface area is 169 Å². The molecule has 1 aliphatic rings. The summed E-state index contributed by atoms with van der Waals surface area (Å²) in [6.07, 6.45) is 0. The normalized spacial score (nSPS) is 15.6. The lowest BCUT2D eigenvalue weighted by molar-refractivity contribution is -0.129. The fourth-order valence-electron chi connectivity index (χ4n) is 3.05. The number of nitrogens with zero attached hydrogens (tertiary/aromatic N) is 2. The van der Waals surface area contributed by atoms with Gasteiger partial charge in [-0.25, -0.2) is 12.8 Å². The molecule has 2 aromatic rings. The Kier molecular flexibility index (Phi) is 6.42. The van der Waals surface area contributed by atoms with Gasteiger partial charge in [0.1, 0.15) is 5.82 Å². The molecular weight excluding hydrogens is 399 g/mol.